The number of ether oxygens (including phenoxy) is 1. The van der Waals surface area contributed by atoms with Crippen LogP contribution in [0.2, 0.25) is 5.02 Å². The number of aliphatic hydroxyl groups excluding tert-OH is 1. The van der Waals surface area contributed by atoms with E-state index in [1.54, 1.807) is 26.0 Å². The number of rotatable bonds is 6. The summed E-state index contributed by atoms with van der Waals surface area (Å²) < 4.78 is 7.07. The van der Waals surface area contributed by atoms with Crippen molar-refractivity contribution in [3.05, 3.63) is 62.8 Å². The van der Waals surface area contributed by atoms with E-state index >= 15 is 0 Å². The molecule has 1 aromatic heterocycles. The lowest BCUT2D eigenvalue weighted by Gasteiger charge is -2.18. The Hall–Kier alpha value is -1.69. The van der Waals surface area contributed by atoms with Crippen LogP contribution in [0.25, 0.3) is 0 Å². The van der Waals surface area contributed by atoms with Gasteiger partial charge in [-0.05, 0) is 38.5 Å². The van der Waals surface area contributed by atoms with Crippen LogP contribution in [0.15, 0.2) is 35.4 Å². The van der Waals surface area contributed by atoms with Crippen LogP contribution in [0.3, 0.4) is 0 Å². The van der Waals surface area contributed by atoms with E-state index in [1.807, 2.05) is 19.1 Å². The molecule has 0 saturated carbocycles. The number of aryl methyl sites for hydroxylation is 1. The van der Waals surface area contributed by atoms with Crippen LogP contribution in [0.4, 0.5) is 0 Å². The van der Waals surface area contributed by atoms with E-state index in [4.69, 9.17) is 16.3 Å². The molecular weight excluding hydrogens is 316 g/mol. The molecule has 6 heteroatoms. The molecule has 2 unspecified atom stereocenters. The van der Waals surface area contributed by atoms with Gasteiger partial charge in [0.1, 0.15) is 0 Å². The van der Waals surface area contributed by atoms with Crippen LogP contribution >= 0.6 is 11.6 Å². The summed E-state index contributed by atoms with van der Waals surface area (Å²) in [6, 6.07) is 7.37. The average Bonchev–Trinajstić information content (AvgIpc) is 2.54. The first-order valence-electron chi connectivity index (χ1n) is 7.46. The van der Waals surface area contributed by atoms with E-state index in [0.717, 1.165) is 5.56 Å². The number of benzene rings is 1. The predicted octanol–water partition coefficient (Wildman–Crippen LogP) is 2.65. The van der Waals surface area contributed by atoms with E-state index in [1.165, 1.54) is 10.9 Å². The molecule has 0 aliphatic heterocycles. The predicted molar refractivity (Wildman–Crippen MR) is 89.8 cm³/mol. The molecule has 124 valence electrons. The first-order chi connectivity index (χ1) is 10.9. The Morgan fingerprint density at radius 1 is 1.30 bits per heavy atom. The van der Waals surface area contributed by atoms with Crippen LogP contribution in [-0.4, -0.2) is 27.4 Å². The number of aromatic nitrogens is 2. The first-order valence-corrected chi connectivity index (χ1v) is 7.84. The lowest BCUT2D eigenvalue weighted by atomic mass is 10.1. The maximum Gasteiger partial charge on any atom is 0.256 e. The van der Waals surface area contributed by atoms with Gasteiger partial charge in [0.05, 0.1) is 31.7 Å². The van der Waals surface area contributed by atoms with Gasteiger partial charge in [0.25, 0.3) is 5.56 Å². The van der Waals surface area contributed by atoms with Gasteiger partial charge in [-0.3, -0.25) is 9.36 Å². The molecule has 1 N–H and O–H groups in total. The zero-order valence-corrected chi connectivity index (χ0v) is 14.2. The minimum Gasteiger partial charge on any atom is -0.389 e. The van der Waals surface area contributed by atoms with Crippen molar-refractivity contribution in [2.24, 2.45) is 0 Å². The van der Waals surface area contributed by atoms with Crippen molar-refractivity contribution < 1.29 is 9.84 Å². The largest absolute Gasteiger partial charge is 0.389 e. The van der Waals surface area contributed by atoms with Gasteiger partial charge < -0.3 is 9.84 Å². The average molecular weight is 337 g/mol. The summed E-state index contributed by atoms with van der Waals surface area (Å²) in [6.45, 7) is 5.70. The zero-order chi connectivity index (χ0) is 17.0. The quantitative estimate of drug-likeness (QED) is 0.880. The van der Waals surface area contributed by atoms with E-state index in [-0.39, 0.29) is 24.8 Å². The number of hydrogen-bond acceptors (Lipinski definition) is 4. The maximum absolute atomic E-state index is 12.1. The third kappa shape index (κ3) is 4.64. The topological polar surface area (TPSA) is 64.3 Å². The van der Waals surface area contributed by atoms with Gasteiger partial charge in [0.15, 0.2) is 0 Å². The summed E-state index contributed by atoms with van der Waals surface area (Å²) in [7, 11) is 0. The van der Waals surface area contributed by atoms with E-state index in [0.29, 0.717) is 16.3 Å². The van der Waals surface area contributed by atoms with Crippen LogP contribution in [0, 0.1) is 13.8 Å². The molecule has 2 aromatic rings. The molecule has 0 aliphatic carbocycles. The third-order valence-electron chi connectivity index (χ3n) is 3.80. The third-order valence-corrected chi connectivity index (χ3v) is 4.05. The SMILES string of the molecule is Cc1ncn(CC(O)COC(C)c2ccc(Cl)cc2)c(=O)c1C. The molecule has 1 aromatic carbocycles. The molecule has 0 aliphatic rings. The highest BCUT2D eigenvalue weighted by atomic mass is 35.5. The van der Waals surface area contributed by atoms with Gasteiger partial charge in [-0.15, -0.1) is 0 Å². The van der Waals surface area contributed by atoms with Crippen LogP contribution < -0.4 is 5.56 Å². The Kier molecular flexibility index (Phi) is 5.93. The molecule has 0 spiro atoms. The van der Waals surface area contributed by atoms with Crippen molar-refractivity contribution in [2.75, 3.05) is 6.61 Å². The van der Waals surface area contributed by atoms with Crippen LogP contribution in [-0.2, 0) is 11.3 Å². The molecule has 0 saturated heterocycles. The second-order valence-corrected chi connectivity index (χ2v) is 6.03. The van der Waals surface area contributed by atoms with E-state index in [9.17, 15) is 9.90 Å². The lowest BCUT2D eigenvalue weighted by Crippen LogP contribution is -2.31. The Morgan fingerprint density at radius 3 is 2.61 bits per heavy atom. The summed E-state index contributed by atoms with van der Waals surface area (Å²) >= 11 is 5.85. The number of nitrogens with zero attached hydrogens (tertiary/aromatic N) is 2. The normalized spacial score (nSPS) is 13.8. The number of halogens is 1. The van der Waals surface area contributed by atoms with Gasteiger partial charge in [0.2, 0.25) is 0 Å². The summed E-state index contributed by atoms with van der Waals surface area (Å²) in [5, 5.41) is 10.8. The fourth-order valence-corrected chi connectivity index (χ4v) is 2.30. The van der Waals surface area contributed by atoms with Crippen molar-refractivity contribution in [3.63, 3.8) is 0 Å². The van der Waals surface area contributed by atoms with Crippen molar-refractivity contribution >= 4 is 11.6 Å². The first kappa shape index (κ1) is 17.7. The van der Waals surface area contributed by atoms with Crippen molar-refractivity contribution in [1.82, 2.24) is 9.55 Å². The van der Waals surface area contributed by atoms with Crippen LogP contribution in [0.5, 0.6) is 0 Å². The Balaban J connectivity index is 1.92. The molecule has 0 radical (unpaired) electrons. The molecular formula is C17H21ClN2O3. The van der Waals surface area contributed by atoms with Crippen molar-refractivity contribution in [1.29, 1.82) is 0 Å². The summed E-state index contributed by atoms with van der Waals surface area (Å²) in [4.78, 5) is 16.2. The summed E-state index contributed by atoms with van der Waals surface area (Å²) in [5.74, 6) is 0. The zero-order valence-electron chi connectivity index (χ0n) is 13.5. The van der Waals surface area contributed by atoms with Gasteiger partial charge in [-0.1, -0.05) is 23.7 Å². The highest BCUT2D eigenvalue weighted by Gasteiger charge is 2.12. The van der Waals surface area contributed by atoms with E-state index < -0.39 is 6.10 Å². The molecule has 2 atom stereocenters. The van der Waals surface area contributed by atoms with Gasteiger partial charge >= 0.3 is 0 Å². The highest BCUT2D eigenvalue weighted by molar-refractivity contribution is 6.30. The fraction of sp³-hybridized carbons (Fsp3) is 0.412. The molecule has 5 nitrogen and oxygen atoms in total. The number of aliphatic hydroxyl groups is 1. The molecule has 0 amide bonds. The highest BCUT2D eigenvalue weighted by Crippen LogP contribution is 2.19. The van der Waals surface area contributed by atoms with Gasteiger partial charge in [-0.2, -0.15) is 0 Å². The van der Waals surface area contributed by atoms with E-state index in [2.05, 4.69) is 4.98 Å². The van der Waals surface area contributed by atoms with Crippen LogP contribution in [0.1, 0.15) is 29.8 Å². The van der Waals surface area contributed by atoms with Crippen molar-refractivity contribution in [3.8, 4) is 0 Å². The Labute approximate surface area is 140 Å². The summed E-state index contributed by atoms with van der Waals surface area (Å²) in [5.41, 5.74) is 2.14. The minimum absolute atomic E-state index is 0.128. The lowest BCUT2D eigenvalue weighted by molar-refractivity contribution is -0.00918. The number of hydrogen-bond donors (Lipinski definition) is 1. The van der Waals surface area contributed by atoms with Gasteiger partial charge in [0, 0.05) is 16.3 Å². The molecule has 0 bridgehead atoms. The molecule has 1 heterocycles. The minimum atomic E-state index is -0.786. The molecule has 0 fully saturated rings. The van der Waals surface area contributed by atoms with Crippen molar-refractivity contribution in [2.45, 2.75) is 39.5 Å². The fourth-order valence-electron chi connectivity index (χ4n) is 2.17. The second-order valence-electron chi connectivity index (χ2n) is 5.59. The Morgan fingerprint density at radius 2 is 1.96 bits per heavy atom. The standard InChI is InChI=1S/C17H21ClN2O3/c1-11-12(2)19-10-20(17(11)22)8-16(21)9-23-13(3)14-4-6-15(18)7-5-14/h4-7,10,13,16,21H,8-9H2,1-3H3. The van der Waals surface area contributed by atoms with Gasteiger partial charge in [-0.25, -0.2) is 4.98 Å². The monoisotopic (exact) mass is 336 g/mol. The molecule has 23 heavy (non-hydrogen) atoms. The maximum atomic E-state index is 12.1. The smallest absolute Gasteiger partial charge is 0.256 e. The molecule has 2 rings (SSSR count). The Bertz CT molecular complexity index is 713. The second kappa shape index (κ2) is 7.73. The summed E-state index contributed by atoms with van der Waals surface area (Å²) in [6.07, 6.45) is 0.499.